The second-order valence-corrected chi connectivity index (χ2v) is 7.10. The molecule has 3 aliphatic heterocycles. The molecule has 0 aliphatic carbocycles. The van der Waals surface area contributed by atoms with E-state index in [9.17, 15) is 4.79 Å². The van der Waals surface area contributed by atoms with E-state index in [0.29, 0.717) is 11.8 Å². The van der Waals surface area contributed by atoms with Crippen molar-refractivity contribution < 1.29 is 4.79 Å². The van der Waals surface area contributed by atoms with Crippen LogP contribution in [-0.2, 0) is 0 Å². The van der Waals surface area contributed by atoms with Crippen LogP contribution in [0.5, 0.6) is 0 Å². The highest BCUT2D eigenvalue weighted by Gasteiger charge is 2.38. The van der Waals surface area contributed by atoms with Crippen LogP contribution in [0.1, 0.15) is 28.8 Å². The number of fused-ring (bicyclic) bond motifs is 1. The van der Waals surface area contributed by atoms with Gasteiger partial charge in [-0.05, 0) is 43.7 Å². The van der Waals surface area contributed by atoms with E-state index < -0.39 is 0 Å². The molecule has 0 bridgehead atoms. The SMILES string of the molecule is Cc1ccc(N2CCCC2)c(C(=O)N2C[C@H]3CNC[C@H]3C2)c1. The molecule has 22 heavy (non-hydrogen) atoms. The Morgan fingerprint density at radius 1 is 1.14 bits per heavy atom. The van der Waals surface area contributed by atoms with E-state index in [2.05, 4.69) is 40.2 Å². The van der Waals surface area contributed by atoms with E-state index in [4.69, 9.17) is 0 Å². The fraction of sp³-hybridized carbons (Fsp3) is 0.611. The number of carbonyl (C=O) groups excluding carboxylic acids is 1. The van der Waals surface area contributed by atoms with Crippen molar-refractivity contribution in [2.45, 2.75) is 19.8 Å². The van der Waals surface area contributed by atoms with Crippen LogP contribution in [0.4, 0.5) is 5.69 Å². The first-order chi connectivity index (χ1) is 10.7. The van der Waals surface area contributed by atoms with Crippen LogP contribution in [-0.4, -0.2) is 50.1 Å². The highest BCUT2D eigenvalue weighted by molar-refractivity contribution is 6.00. The van der Waals surface area contributed by atoms with E-state index >= 15 is 0 Å². The Hall–Kier alpha value is -1.55. The van der Waals surface area contributed by atoms with Crippen molar-refractivity contribution in [2.75, 3.05) is 44.2 Å². The van der Waals surface area contributed by atoms with E-state index in [1.165, 1.54) is 18.4 Å². The number of likely N-dealkylation sites (tertiary alicyclic amines) is 1. The minimum atomic E-state index is 0.236. The molecular weight excluding hydrogens is 274 g/mol. The number of carbonyl (C=O) groups is 1. The Labute approximate surface area is 132 Å². The summed E-state index contributed by atoms with van der Waals surface area (Å²) in [4.78, 5) is 17.6. The van der Waals surface area contributed by atoms with Gasteiger partial charge in [0, 0.05) is 45.0 Å². The van der Waals surface area contributed by atoms with Gasteiger partial charge in [0.15, 0.2) is 0 Å². The Balaban J connectivity index is 1.60. The van der Waals surface area contributed by atoms with E-state index in [-0.39, 0.29) is 5.91 Å². The molecule has 1 aromatic rings. The molecule has 0 aromatic heterocycles. The highest BCUT2D eigenvalue weighted by atomic mass is 16.2. The molecule has 1 aromatic carbocycles. The number of benzene rings is 1. The van der Waals surface area contributed by atoms with Gasteiger partial charge in [-0.25, -0.2) is 0 Å². The number of aryl methyl sites for hydroxylation is 1. The third kappa shape index (κ3) is 2.39. The van der Waals surface area contributed by atoms with E-state index in [1.54, 1.807) is 0 Å². The van der Waals surface area contributed by atoms with E-state index in [1.807, 2.05) is 0 Å². The Morgan fingerprint density at radius 3 is 2.50 bits per heavy atom. The van der Waals surface area contributed by atoms with Crippen molar-refractivity contribution in [3.05, 3.63) is 29.3 Å². The van der Waals surface area contributed by atoms with Gasteiger partial charge >= 0.3 is 0 Å². The van der Waals surface area contributed by atoms with Crippen LogP contribution in [0, 0.1) is 18.8 Å². The van der Waals surface area contributed by atoms with Crippen molar-refractivity contribution in [3.63, 3.8) is 0 Å². The van der Waals surface area contributed by atoms with Gasteiger partial charge in [-0.2, -0.15) is 0 Å². The molecule has 0 unspecified atom stereocenters. The molecule has 118 valence electrons. The summed E-state index contributed by atoms with van der Waals surface area (Å²) in [6.07, 6.45) is 2.47. The molecule has 3 saturated heterocycles. The van der Waals surface area contributed by atoms with Crippen molar-refractivity contribution in [1.29, 1.82) is 0 Å². The number of nitrogens with zero attached hydrogens (tertiary/aromatic N) is 2. The third-order valence-corrected chi connectivity index (χ3v) is 5.51. The monoisotopic (exact) mass is 299 g/mol. The van der Waals surface area contributed by atoms with Crippen LogP contribution in [0.3, 0.4) is 0 Å². The van der Waals surface area contributed by atoms with Crippen molar-refractivity contribution in [2.24, 2.45) is 11.8 Å². The first-order valence-corrected chi connectivity index (χ1v) is 8.58. The second-order valence-electron chi connectivity index (χ2n) is 7.10. The summed E-state index contributed by atoms with van der Waals surface area (Å²) in [5.74, 6) is 1.55. The number of amides is 1. The molecule has 1 amide bonds. The zero-order valence-electron chi connectivity index (χ0n) is 13.3. The summed E-state index contributed by atoms with van der Waals surface area (Å²) in [6.45, 7) is 8.22. The Bertz CT molecular complexity index is 568. The lowest BCUT2D eigenvalue weighted by atomic mass is 10.0. The van der Waals surface area contributed by atoms with Crippen LogP contribution < -0.4 is 10.2 Å². The molecule has 3 heterocycles. The average molecular weight is 299 g/mol. The smallest absolute Gasteiger partial charge is 0.255 e. The lowest BCUT2D eigenvalue weighted by molar-refractivity contribution is 0.0782. The largest absolute Gasteiger partial charge is 0.371 e. The summed E-state index contributed by atoms with van der Waals surface area (Å²) in [5, 5.41) is 3.44. The standard InChI is InChI=1S/C18H25N3O/c1-13-4-5-17(20-6-2-3-7-20)16(8-13)18(22)21-11-14-9-19-10-15(14)12-21/h4-5,8,14-15,19H,2-3,6-7,9-12H2,1H3/t14-,15+. The molecule has 0 saturated carbocycles. The van der Waals surface area contributed by atoms with E-state index in [0.717, 1.165) is 50.5 Å². The van der Waals surface area contributed by atoms with Gasteiger partial charge in [-0.15, -0.1) is 0 Å². The summed E-state index contributed by atoms with van der Waals surface area (Å²) in [6, 6.07) is 6.36. The quantitative estimate of drug-likeness (QED) is 0.906. The Kier molecular flexibility index (Phi) is 3.57. The van der Waals surface area contributed by atoms with Crippen LogP contribution >= 0.6 is 0 Å². The number of anilines is 1. The van der Waals surface area contributed by atoms with Gasteiger partial charge in [0.1, 0.15) is 0 Å². The second kappa shape index (κ2) is 5.58. The van der Waals surface area contributed by atoms with Crippen LogP contribution in [0.15, 0.2) is 18.2 Å². The summed E-state index contributed by atoms with van der Waals surface area (Å²) in [5.41, 5.74) is 3.23. The number of nitrogens with one attached hydrogen (secondary N) is 1. The molecule has 1 N–H and O–H groups in total. The lowest BCUT2D eigenvalue weighted by Crippen LogP contribution is -2.33. The molecule has 0 spiro atoms. The number of rotatable bonds is 2. The summed E-state index contributed by atoms with van der Waals surface area (Å²) in [7, 11) is 0. The molecule has 4 nitrogen and oxygen atoms in total. The zero-order valence-corrected chi connectivity index (χ0v) is 13.3. The van der Waals surface area contributed by atoms with Gasteiger partial charge in [-0.1, -0.05) is 11.6 Å². The molecular formula is C18H25N3O. The number of hydrogen-bond donors (Lipinski definition) is 1. The summed E-state index contributed by atoms with van der Waals surface area (Å²) >= 11 is 0. The van der Waals surface area contributed by atoms with Crippen molar-refractivity contribution in [1.82, 2.24) is 10.2 Å². The normalized spacial score (nSPS) is 27.5. The lowest BCUT2D eigenvalue weighted by Gasteiger charge is -2.24. The van der Waals surface area contributed by atoms with Gasteiger partial charge in [-0.3, -0.25) is 4.79 Å². The first-order valence-electron chi connectivity index (χ1n) is 8.58. The zero-order chi connectivity index (χ0) is 15.1. The molecule has 3 aliphatic rings. The van der Waals surface area contributed by atoms with Crippen molar-refractivity contribution in [3.8, 4) is 0 Å². The van der Waals surface area contributed by atoms with Gasteiger partial charge < -0.3 is 15.1 Å². The van der Waals surface area contributed by atoms with Gasteiger partial charge in [0.25, 0.3) is 5.91 Å². The number of hydrogen-bond acceptors (Lipinski definition) is 3. The average Bonchev–Trinajstić information content (AvgIpc) is 3.22. The maximum absolute atomic E-state index is 13.1. The highest BCUT2D eigenvalue weighted by Crippen LogP contribution is 2.31. The fourth-order valence-electron chi connectivity index (χ4n) is 4.25. The molecule has 3 fully saturated rings. The van der Waals surface area contributed by atoms with Gasteiger partial charge in [0.2, 0.25) is 0 Å². The maximum atomic E-state index is 13.1. The predicted molar refractivity (Wildman–Crippen MR) is 88.4 cm³/mol. The first kappa shape index (κ1) is 14.1. The van der Waals surface area contributed by atoms with Crippen LogP contribution in [0.25, 0.3) is 0 Å². The van der Waals surface area contributed by atoms with Crippen LogP contribution in [0.2, 0.25) is 0 Å². The topological polar surface area (TPSA) is 35.6 Å². The minimum Gasteiger partial charge on any atom is -0.371 e. The molecule has 4 heteroatoms. The Morgan fingerprint density at radius 2 is 1.82 bits per heavy atom. The molecule has 0 radical (unpaired) electrons. The maximum Gasteiger partial charge on any atom is 0.255 e. The van der Waals surface area contributed by atoms with Crippen molar-refractivity contribution >= 4 is 11.6 Å². The van der Waals surface area contributed by atoms with Gasteiger partial charge in [0.05, 0.1) is 5.56 Å². The predicted octanol–water partition coefficient (Wildman–Crippen LogP) is 1.89. The summed E-state index contributed by atoms with van der Waals surface area (Å²) < 4.78 is 0. The molecule has 2 atom stereocenters. The third-order valence-electron chi connectivity index (χ3n) is 5.51. The minimum absolute atomic E-state index is 0.236. The molecule has 4 rings (SSSR count). The fourth-order valence-corrected chi connectivity index (χ4v) is 4.25.